The second-order valence-corrected chi connectivity index (χ2v) is 7.70. The summed E-state index contributed by atoms with van der Waals surface area (Å²) in [5.74, 6) is 0. The SMILES string of the molecule is CCCCCCNC(=S)Nc1cc2c3ccccc3ccc2c2ccccc12. The molecule has 28 heavy (non-hydrogen) atoms. The molecule has 2 N–H and O–H groups in total. The van der Waals surface area contributed by atoms with Gasteiger partial charge in [-0.1, -0.05) is 86.8 Å². The third-order valence-electron chi connectivity index (χ3n) is 5.33. The number of rotatable bonds is 6. The fourth-order valence-corrected chi connectivity index (χ4v) is 4.10. The largest absolute Gasteiger partial charge is 0.362 e. The number of unbranched alkanes of at least 4 members (excludes halogenated alkanes) is 3. The molecule has 0 radical (unpaired) electrons. The van der Waals surface area contributed by atoms with Gasteiger partial charge in [0.05, 0.1) is 0 Å². The quantitative estimate of drug-likeness (QED) is 0.212. The summed E-state index contributed by atoms with van der Waals surface area (Å²) in [5.41, 5.74) is 1.06. The molecule has 0 atom stereocenters. The van der Waals surface area contributed by atoms with Crippen molar-refractivity contribution in [1.29, 1.82) is 0 Å². The molecular weight excluding hydrogens is 360 g/mol. The molecule has 0 amide bonds. The zero-order valence-corrected chi connectivity index (χ0v) is 17.1. The molecule has 2 nitrogen and oxygen atoms in total. The van der Waals surface area contributed by atoms with Crippen LogP contribution in [-0.2, 0) is 0 Å². The number of hydrogen-bond acceptors (Lipinski definition) is 1. The van der Waals surface area contributed by atoms with Gasteiger partial charge in [-0.3, -0.25) is 0 Å². The summed E-state index contributed by atoms with van der Waals surface area (Å²) in [5, 5.41) is 15.0. The summed E-state index contributed by atoms with van der Waals surface area (Å²) >= 11 is 5.57. The van der Waals surface area contributed by atoms with Crippen LogP contribution in [0.1, 0.15) is 32.6 Å². The Morgan fingerprint density at radius 3 is 2.29 bits per heavy atom. The van der Waals surface area contributed by atoms with Crippen molar-refractivity contribution >= 4 is 55.3 Å². The van der Waals surface area contributed by atoms with Gasteiger partial charge in [0.15, 0.2) is 5.11 Å². The van der Waals surface area contributed by atoms with Gasteiger partial charge in [0.25, 0.3) is 0 Å². The topological polar surface area (TPSA) is 24.1 Å². The first kappa shape index (κ1) is 18.7. The molecule has 0 heterocycles. The number of thiocarbonyl (C=S) groups is 1. The van der Waals surface area contributed by atoms with E-state index in [1.54, 1.807) is 0 Å². The van der Waals surface area contributed by atoms with Crippen LogP contribution in [0.25, 0.3) is 32.3 Å². The number of anilines is 1. The van der Waals surface area contributed by atoms with Crippen molar-refractivity contribution < 1.29 is 0 Å². The van der Waals surface area contributed by atoms with E-state index in [9.17, 15) is 0 Å². The van der Waals surface area contributed by atoms with Crippen molar-refractivity contribution in [2.75, 3.05) is 11.9 Å². The first-order valence-electron chi connectivity index (χ1n) is 10.2. The molecule has 3 heteroatoms. The van der Waals surface area contributed by atoms with Gasteiger partial charge in [0.1, 0.15) is 0 Å². The molecule has 0 aromatic heterocycles. The Balaban J connectivity index is 1.70. The molecule has 0 unspecified atom stereocenters. The van der Waals surface area contributed by atoms with Gasteiger partial charge in [0, 0.05) is 17.6 Å². The molecule has 0 saturated heterocycles. The van der Waals surface area contributed by atoms with Crippen LogP contribution >= 0.6 is 12.2 Å². The highest BCUT2D eigenvalue weighted by molar-refractivity contribution is 7.80. The van der Waals surface area contributed by atoms with Crippen LogP contribution in [0, 0.1) is 0 Å². The Kier molecular flexibility index (Phi) is 5.73. The van der Waals surface area contributed by atoms with E-state index in [0.717, 1.165) is 18.7 Å². The first-order valence-corrected chi connectivity index (χ1v) is 10.6. The van der Waals surface area contributed by atoms with E-state index in [4.69, 9.17) is 12.2 Å². The molecule has 0 saturated carbocycles. The second-order valence-electron chi connectivity index (χ2n) is 7.29. The van der Waals surface area contributed by atoms with Crippen molar-refractivity contribution in [2.45, 2.75) is 32.6 Å². The summed E-state index contributed by atoms with van der Waals surface area (Å²) < 4.78 is 0. The average Bonchev–Trinajstić information content (AvgIpc) is 2.73. The highest BCUT2D eigenvalue weighted by Gasteiger charge is 2.10. The van der Waals surface area contributed by atoms with E-state index < -0.39 is 0 Å². The molecule has 0 bridgehead atoms. The van der Waals surface area contributed by atoms with Gasteiger partial charge in [-0.15, -0.1) is 0 Å². The minimum atomic E-state index is 0.696. The molecule has 0 aliphatic carbocycles. The smallest absolute Gasteiger partial charge is 0.170 e. The van der Waals surface area contributed by atoms with Crippen LogP contribution in [0.2, 0.25) is 0 Å². The molecule has 142 valence electrons. The predicted molar refractivity (Wildman–Crippen MR) is 127 cm³/mol. The van der Waals surface area contributed by atoms with E-state index >= 15 is 0 Å². The van der Waals surface area contributed by atoms with Gasteiger partial charge in [0.2, 0.25) is 0 Å². The van der Waals surface area contributed by atoms with E-state index in [1.807, 2.05) is 0 Å². The Morgan fingerprint density at radius 2 is 1.46 bits per heavy atom. The van der Waals surface area contributed by atoms with Gasteiger partial charge in [-0.05, 0) is 51.6 Å². The lowest BCUT2D eigenvalue weighted by molar-refractivity contribution is 0.655. The number of fused-ring (bicyclic) bond motifs is 5. The van der Waals surface area contributed by atoms with Crippen LogP contribution in [0.4, 0.5) is 5.69 Å². The first-order chi connectivity index (χ1) is 13.8. The summed E-state index contributed by atoms with van der Waals surface area (Å²) in [6, 6.07) is 23.8. The Hall–Kier alpha value is -2.65. The van der Waals surface area contributed by atoms with Gasteiger partial charge in [-0.25, -0.2) is 0 Å². The van der Waals surface area contributed by atoms with Crippen LogP contribution < -0.4 is 10.6 Å². The van der Waals surface area contributed by atoms with Gasteiger partial charge < -0.3 is 10.6 Å². The summed E-state index contributed by atoms with van der Waals surface area (Å²) in [7, 11) is 0. The number of benzene rings is 4. The zero-order valence-electron chi connectivity index (χ0n) is 16.3. The Labute approximate surface area is 171 Å². The average molecular weight is 387 g/mol. The maximum atomic E-state index is 5.57. The van der Waals surface area contributed by atoms with Crippen LogP contribution in [0.3, 0.4) is 0 Å². The molecule has 4 aromatic carbocycles. The number of hydrogen-bond donors (Lipinski definition) is 2. The lowest BCUT2D eigenvalue weighted by atomic mass is 9.96. The minimum Gasteiger partial charge on any atom is -0.362 e. The molecule has 0 spiro atoms. The van der Waals surface area contributed by atoms with E-state index in [0.29, 0.717) is 5.11 Å². The molecule has 4 aromatic rings. The third kappa shape index (κ3) is 3.81. The Morgan fingerprint density at radius 1 is 0.750 bits per heavy atom. The predicted octanol–water partition coefficient (Wildman–Crippen LogP) is 7.01. The van der Waals surface area contributed by atoms with Crippen molar-refractivity contribution in [1.82, 2.24) is 5.32 Å². The number of nitrogens with one attached hydrogen (secondary N) is 2. The summed E-state index contributed by atoms with van der Waals surface area (Å²) in [6.07, 6.45) is 4.93. The molecule has 0 fully saturated rings. The fraction of sp³-hybridized carbons (Fsp3) is 0.240. The van der Waals surface area contributed by atoms with E-state index in [-0.39, 0.29) is 0 Å². The fourth-order valence-electron chi connectivity index (χ4n) is 3.88. The lowest BCUT2D eigenvalue weighted by Gasteiger charge is -2.15. The van der Waals surface area contributed by atoms with Crippen LogP contribution in [-0.4, -0.2) is 11.7 Å². The maximum Gasteiger partial charge on any atom is 0.170 e. The molecule has 0 aliphatic heterocycles. The minimum absolute atomic E-state index is 0.696. The zero-order chi connectivity index (χ0) is 19.3. The lowest BCUT2D eigenvalue weighted by Crippen LogP contribution is -2.29. The molecule has 4 rings (SSSR count). The molecule has 0 aliphatic rings. The van der Waals surface area contributed by atoms with Crippen molar-refractivity contribution in [3.63, 3.8) is 0 Å². The Bertz CT molecular complexity index is 1130. The second kappa shape index (κ2) is 8.57. The van der Waals surface area contributed by atoms with Gasteiger partial charge >= 0.3 is 0 Å². The van der Waals surface area contributed by atoms with E-state index in [1.165, 1.54) is 51.6 Å². The van der Waals surface area contributed by atoms with Crippen LogP contribution in [0.5, 0.6) is 0 Å². The highest BCUT2D eigenvalue weighted by Crippen LogP contribution is 2.35. The highest BCUT2D eigenvalue weighted by atomic mass is 32.1. The van der Waals surface area contributed by atoms with Gasteiger partial charge in [-0.2, -0.15) is 0 Å². The monoisotopic (exact) mass is 386 g/mol. The van der Waals surface area contributed by atoms with Crippen molar-refractivity contribution in [2.24, 2.45) is 0 Å². The normalized spacial score (nSPS) is 11.2. The van der Waals surface area contributed by atoms with E-state index in [2.05, 4.69) is 84.3 Å². The maximum absolute atomic E-state index is 5.57. The summed E-state index contributed by atoms with van der Waals surface area (Å²) in [4.78, 5) is 0. The molecular formula is C25H26N2S. The van der Waals surface area contributed by atoms with Crippen molar-refractivity contribution in [3.05, 3.63) is 66.7 Å². The standard InChI is InChI=1S/C25H26N2S/c1-2-3-4-9-16-26-25(28)27-24-17-23-19-11-6-5-10-18(19)14-15-21(23)20-12-7-8-13-22(20)24/h5-8,10-15,17H,2-4,9,16H2,1H3,(H2,26,27,28). The third-order valence-corrected chi connectivity index (χ3v) is 5.58. The van der Waals surface area contributed by atoms with Crippen molar-refractivity contribution in [3.8, 4) is 0 Å². The summed E-state index contributed by atoms with van der Waals surface area (Å²) in [6.45, 7) is 3.15. The van der Waals surface area contributed by atoms with Crippen LogP contribution in [0.15, 0.2) is 66.7 Å².